The van der Waals surface area contributed by atoms with Gasteiger partial charge in [-0.3, -0.25) is 10.1 Å². The van der Waals surface area contributed by atoms with Crippen molar-refractivity contribution in [3.8, 4) is 0 Å². The Kier molecular flexibility index (Phi) is 4.79. The van der Waals surface area contributed by atoms with Crippen molar-refractivity contribution in [3.05, 3.63) is 23.9 Å². The molecule has 0 aromatic carbocycles. The standard InChI is InChI=1S/C16H23N3O4/c20-14-4-2-12(15(21)18-14)11-1-3-13(17-9-11)19-7-5-10(6-8-19)16(22)23/h1,3,9-10,12,14-15,18,20-21H,2,4-8H2,(H,22,23). The second-order valence-corrected chi connectivity index (χ2v) is 6.36. The summed E-state index contributed by atoms with van der Waals surface area (Å²) in [5, 5.41) is 31.3. The van der Waals surface area contributed by atoms with Gasteiger partial charge in [-0.2, -0.15) is 0 Å². The molecule has 1 aromatic heterocycles. The van der Waals surface area contributed by atoms with Gasteiger partial charge in [0.1, 0.15) is 18.3 Å². The largest absolute Gasteiger partial charge is 0.481 e. The van der Waals surface area contributed by atoms with Gasteiger partial charge in [0.25, 0.3) is 0 Å². The number of aliphatic hydroxyl groups excluding tert-OH is 2. The Morgan fingerprint density at radius 3 is 2.48 bits per heavy atom. The lowest BCUT2D eigenvalue weighted by molar-refractivity contribution is -0.142. The van der Waals surface area contributed by atoms with Crippen LogP contribution in [-0.4, -0.2) is 51.8 Å². The summed E-state index contributed by atoms with van der Waals surface area (Å²) in [7, 11) is 0. The summed E-state index contributed by atoms with van der Waals surface area (Å²) >= 11 is 0. The number of hydrogen-bond donors (Lipinski definition) is 4. The molecule has 7 heteroatoms. The third kappa shape index (κ3) is 3.63. The third-order valence-electron chi connectivity index (χ3n) is 4.86. The Morgan fingerprint density at radius 1 is 1.17 bits per heavy atom. The number of nitrogens with zero attached hydrogens (tertiary/aromatic N) is 2. The number of aliphatic carboxylic acids is 1. The highest BCUT2D eigenvalue weighted by molar-refractivity contribution is 5.70. The number of aromatic nitrogens is 1. The molecule has 0 bridgehead atoms. The summed E-state index contributed by atoms with van der Waals surface area (Å²) in [6.45, 7) is 1.40. The van der Waals surface area contributed by atoms with Crippen molar-refractivity contribution in [2.45, 2.75) is 44.1 Å². The maximum Gasteiger partial charge on any atom is 0.306 e. The van der Waals surface area contributed by atoms with Gasteiger partial charge in [-0.05, 0) is 37.3 Å². The molecule has 4 N–H and O–H groups in total. The van der Waals surface area contributed by atoms with E-state index in [1.165, 1.54) is 0 Å². The molecule has 3 unspecified atom stereocenters. The second-order valence-electron chi connectivity index (χ2n) is 6.36. The number of nitrogens with one attached hydrogen (secondary N) is 1. The Labute approximate surface area is 135 Å². The Morgan fingerprint density at radius 2 is 1.91 bits per heavy atom. The highest BCUT2D eigenvalue weighted by Gasteiger charge is 2.29. The molecule has 3 heterocycles. The molecule has 7 nitrogen and oxygen atoms in total. The van der Waals surface area contributed by atoms with Crippen molar-refractivity contribution in [3.63, 3.8) is 0 Å². The van der Waals surface area contributed by atoms with Gasteiger partial charge < -0.3 is 20.2 Å². The van der Waals surface area contributed by atoms with E-state index < -0.39 is 18.4 Å². The summed E-state index contributed by atoms with van der Waals surface area (Å²) in [5.41, 5.74) is 0.945. The molecule has 2 aliphatic heterocycles. The van der Waals surface area contributed by atoms with Crippen molar-refractivity contribution in [1.82, 2.24) is 10.3 Å². The highest BCUT2D eigenvalue weighted by Crippen LogP contribution is 2.29. The fraction of sp³-hybridized carbons (Fsp3) is 0.625. The summed E-state index contributed by atoms with van der Waals surface area (Å²) < 4.78 is 0. The van der Waals surface area contributed by atoms with Crippen LogP contribution in [0, 0.1) is 5.92 Å². The maximum absolute atomic E-state index is 11.0. The number of hydrogen-bond acceptors (Lipinski definition) is 6. The number of carboxylic acids is 1. The molecule has 1 aromatic rings. The fourth-order valence-corrected chi connectivity index (χ4v) is 3.40. The SMILES string of the molecule is O=C(O)C1CCN(c2ccc(C3CCC(O)NC3O)cn2)CC1. The van der Waals surface area contributed by atoms with Crippen LogP contribution in [0.4, 0.5) is 5.82 Å². The van der Waals surface area contributed by atoms with E-state index in [-0.39, 0.29) is 11.8 Å². The fourth-order valence-electron chi connectivity index (χ4n) is 3.40. The van der Waals surface area contributed by atoms with Crippen molar-refractivity contribution >= 4 is 11.8 Å². The predicted molar refractivity (Wildman–Crippen MR) is 83.9 cm³/mol. The predicted octanol–water partition coefficient (Wildman–Crippen LogP) is 0.486. The Bertz CT molecular complexity index is 543. The smallest absolute Gasteiger partial charge is 0.306 e. The van der Waals surface area contributed by atoms with Crippen LogP contribution in [0.25, 0.3) is 0 Å². The molecular weight excluding hydrogens is 298 g/mol. The zero-order valence-electron chi connectivity index (χ0n) is 12.9. The average Bonchev–Trinajstić information content (AvgIpc) is 2.55. The van der Waals surface area contributed by atoms with Gasteiger partial charge in [0, 0.05) is 25.2 Å². The topological polar surface area (TPSA) is 106 Å². The van der Waals surface area contributed by atoms with E-state index in [4.69, 9.17) is 5.11 Å². The van der Waals surface area contributed by atoms with E-state index in [1.54, 1.807) is 6.20 Å². The van der Waals surface area contributed by atoms with E-state index in [0.29, 0.717) is 38.8 Å². The van der Waals surface area contributed by atoms with E-state index >= 15 is 0 Å². The minimum Gasteiger partial charge on any atom is -0.481 e. The highest BCUT2D eigenvalue weighted by atomic mass is 16.4. The van der Waals surface area contributed by atoms with Gasteiger partial charge in [0.05, 0.1) is 5.92 Å². The Hall–Kier alpha value is -1.70. The molecule has 3 atom stereocenters. The van der Waals surface area contributed by atoms with E-state index in [2.05, 4.69) is 15.2 Å². The van der Waals surface area contributed by atoms with Gasteiger partial charge >= 0.3 is 5.97 Å². The van der Waals surface area contributed by atoms with Crippen molar-refractivity contribution in [1.29, 1.82) is 0 Å². The molecule has 0 aliphatic carbocycles. The summed E-state index contributed by atoms with van der Waals surface area (Å²) in [5.74, 6) is -0.192. The number of carboxylic acid groups (broad SMARTS) is 1. The van der Waals surface area contributed by atoms with Crippen LogP contribution in [-0.2, 0) is 4.79 Å². The van der Waals surface area contributed by atoms with Crippen molar-refractivity contribution < 1.29 is 20.1 Å². The average molecular weight is 321 g/mol. The lowest BCUT2D eigenvalue weighted by atomic mass is 9.90. The first-order chi connectivity index (χ1) is 11.0. The molecule has 2 saturated heterocycles. The van der Waals surface area contributed by atoms with Gasteiger partial charge in [0.15, 0.2) is 0 Å². The molecule has 0 amide bonds. The number of anilines is 1. The van der Waals surface area contributed by atoms with Gasteiger partial charge in [-0.25, -0.2) is 4.98 Å². The third-order valence-corrected chi connectivity index (χ3v) is 4.86. The lowest BCUT2D eigenvalue weighted by Crippen LogP contribution is -2.46. The number of pyridine rings is 1. The molecule has 3 rings (SSSR count). The van der Waals surface area contributed by atoms with Crippen LogP contribution < -0.4 is 10.2 Å². The quantitative estimate of drug-likeness (QED) is 0.642. The van der Waals surface area contributed by atoms with E-state index in [0.717, 1.165) is 11.4 Å². The van der Waals surface area contributed by atoms with Crippen molar-refractivity contribution in [2.24, 2.45) is 5.92 Å². The van der Waals surface area contributed by atoms with E-state index in [1.807, 2.05) is 12.1 Å². The first-order valence-corrected chi connectivity index (χ1v) is 8.10. The Balaban J connectivity index is 1.63. The maximum atomic E-state index is 11.0. The summed E-state index contributed by atoms with van der Waals surface area (Å²) in [6, 6.07) is 3.88. The van der Waals surface area contributed by atoms with Crippen LogP contribution in [0.2, 0.25) is 0 Å². The van der Waals surface area contributed by atoms with Crippen LogP contribution in [0.15, 0.2) is 18.3 Å². The molecule has 0 saturated carbocycles. The molecule has 0 spiro atoms. The lowest BCUT2D eigenvalue weighted by Gasteiger charge is -2.33. The number of carbonyl (C=O) groups is 1. The normalized spacial score (nSPS) is 29.5. The second kappa shape index (κ2) is 6.82. The zero-order valence-corrected chi connectivity index (χ0v) is 12.9. The molecule has 126 valence electrons. The zero-order chi connectivity index (χ0) is 16.4. The minimum atomic E-state index is -0.766. The summed E-state index contributed by atoms with van der Waals surface area (Å²) in [4.78, 5) is 17.6. The molecule has 23 heavy (non-hydrogen) atoms. The van der Waals surface area contributed by atoms with Gasteiger partial charge in [-0.1, -0.05) is 6.07 Å². The molecule has 2 fully saturated rings. The number of piperidine rings is 2. The van der Waals surface area contributed by atoms with Crippen LogP contribution in [0.5, 0.6) is 0 Å². The number of aliphatic hydroxyl groups is 2. The van der Waals surface area contributed by atoms with Gasteiger partial charge in [0.2, 0.25) is 0 Å². The molecular formula is C16H23N3O4. The van der Waals surface area contributed by atoms with Crippen LogP contribution in [0.3, 0.4) is 0 Å². The first kappa shape index (κ1) is 16.2. The minimum absolute atomic E-state index is 0.0716. The summed E-state index contributed by atoms with van der Waals surface area (Å²) in [6.07, 6.45) is 2.95. The molecule has 2 aliphatic rings. The molecule has 0 radical (unpaired) electrons. The van der Waals surface area contributed by atoms with Crippen LogP contribution >= 0.6 is 0 Å². The first-order valence-electron chi connectivity index (χ1n) is 8.10. The van der Waals surface area contributed by atoms with Crippen molar-refractivity contribution in [2.75, 3.05) is 18.0 Å². The van der Waals surface area contributed by atoms with Crippen LogP contribution in [0.1, 0.15) is 37.2 Å². The number of rotatable bonds is 3. The van der Waals surface area contributed by atoms with E-state index in [9.17, 15) is 15.0 Å². The monoisotopic (exact) mass is 321 g/mol. The van der Waals surface area contributed by atoms with Gasteiger partial charge in [-0.15, -0.1) is 0 Å².